The van der Waals surface area contributed by atoms with Crippen molar-refractivity contribution in [3.8, 4) is 11.5 Å². The third-order valence-corrected chi connectivity index (χ3v) is 6.14. The fourth-order valence-corrected chi connectivity index (χ4v) is 4.10. The van der Waals surface area contributed by atoms with Gasteiger partial charge in [0.25, 0.3) is 0 Å². The predicted molar refractivity (Wildman–Crippen MR) is 106 cm³/mol. The van der Waals surface area contributed by atoms with E-state index in [4.69, 9.17) is 4.42 Å². The second-order valence-electron chi connectivity index (χ2n) is 8.01. The van der Waals surface area contributed by atoms with Crippen LogP contribution in [0.1, 0.15) is 32.6 Å². The Hall–Kier alpha value is -2.96. The van der Waals surface area contributed by atoms with E-state index < -0.39 is 6.04 Å². The lowest BCUT2D eigenvalue weighted by atomic mass is 9.93. The van der Waals surface area contributed by atoms with Crippen molar-refractivity contribution >= 4 is 22.7 Å². The molecular weight excluding hydrogens is 354 g/mol. The first-order valence-electron chi connectivity index (χ1n) is 9.86. The smallest absolute Gasteiger partial charge is 0.316 e. The zero-order valence-electron chi connectivity index (χ0n) is 15.9. The number of aromatic nitrogens is 3. The second-order valence-corrected chi connectivity index (χ2v) is 8.01. The van der Waals surface area contributed by atoms with E-state index in [1.807, 2.05) is 36.1 Å². The molecule has 7 heteroatoms. The minimum Gasteiger partial charge on any atom is -0.403 e. The van der Waals surface area contributed by atoms with Crippen molar-refractivity contribution in [2.75, 3.05) is 18.4 Å². The zero-order valence-corrected chi connectivity index (χ0v) is 15.9. The number of amides is 1. The number of fused-ring (bicyclic) bond motifs is 1. The Bertz CT molecular complexity index is 1010. The number of anilines is 1. The van der Waals surface area contributed by atoms with Crippen molar-refractivity contribution in [1.29, 1.82) is 0 Å². The number of rotatable bonds is 4. The van der Waals surface area contributed by atoms with Crippen LogP contribution in [0.5, 0.6) is 0 Å². The molecule has 0 unspecified atom stereocenters. The van der Waals surface area contributed by atoms with Crippen LogP contribution in [-0.4, -0.2) is 45.1 Å². The molecule has 1 N–H and O–H groups in total. The van der Waals surface area contributed by atoms with Gasteiger partial charge >= 0.3 is 6.01 Å². The van der Waals surface area contributed by atoms with Gasteiger partial charge in [0.05, 0.1) is 0 Å². The fraction of sp³-hybridized carbons (Fsp3) is 0.429. The molecule has 7 nitrogen and oxygen atoms in total. The standard InChI is InChI=1S/C21H23N5O2/c1-14(19(27)26-11-8-21(6-7-21)9-12-26)23-20-25-24-18(28-20)17-4-2-3-15-13-22-10-5-16(15)17/h2-5,10,13-14H,6-9,11-12H2,1H3,(H,23,25)/t14-/m0/s1. The Labute approximate surface area is 163 Å². The summed E-state index contributed by atoms with van der Waals surface area (Å²) in [6, 6.07) is 7.65. The molecule has 2 aromatic heterocycles. The number of nitrogens with one attached hydrogen (secondary N) is 1. The maximum Gasteiger partial charge on any atom is 0.316 e. The molecule has 144 valence electrons. The number of hydrogen-bond donors (Lipinski definition) is 1. The Morgan fingerprint density at radius 2 is 2.00 bits per heavy atom. The van der Waals surface area contributed by atoms with E-state index in [1.165, 1.54) is 12.8 Å². The van der Waals surface area contributed by atoms with Gasteiger partial charge < -0.3 is 14.6 Å². The molecule has 1 atom stereocenters. The van der Waals surface area contributed by atoms with Crippen LogP contribution < -0.4 is 5.32 Å². The number of pyridine rings is 1. The van der Waals surface area contributed by atoms with Crippen molar-refractivity contribution in [2.45, 2.75) is 38.6 Å². The van der Waals surface area contributed by atoms with Crippen LogP contribution in [0.15, 0.2) is 41.1 Å². The highest BCUT2D eigenvalue weighted by molar-refractivity contribution is 5.94. The number of likely N-dealkylation sites (tertiary alicyclic amines) is 1. The molecule has 1 spiro atoms. The van der Waals surface area contributed by atoms with E-state index in [2.05, 4.69) is 20.5 Å². The van der Waals surface area contributed by atoms with E-state index in [1.54, 1.807) is 12.4 Å². The minimum atomic E-state index is -0.404. The van der Waals surface area contributed by atoms with Crippen LogP contribution in [0.2, 0.25) is 0 Å². The molecular formula is C21H23N5O2. The first-order valence-corrected chi connectivity index (χ1v) is 9.86. The highest BCUT2D eigenvalue weighted by atomic mass is 16.4. The average Bonchev–Trinajstić information content (AvgIpc) is 3.32. The van der Waals surface area contributed by atoms with E-state index in [0.29, 0.717) is 11.3 Å². The Morgan fingerprint density at radius 1 is 1.18 bits per heavy atom. The summed E-state index contributed by atoms with van der Waals surface area (Å²) < 4.78 is 5.80. The van der Waals surface area contributed by atoms with Crippen molar-refractivity contribution in [1.82, 2.24) is 20.1 Å². The second kappa shape index (κ2) is 6.58. The van der Waals surface area contributed by atoms with E-state index >= 15 is 0 Å². The zero-order chi connectivity index (χ0) is 19.1. The number of hydrogen-bond acceptors (Lipinski definition) is 6. The first kappa shape index (κ1) is 17.2. The largest absolute Gasteiger partial charge is 0.403 e. The summed E-state index contributed by atoms with van der Waals surface area (Å²) in [5.41, 5.74) is 1.41. The number of carbonyl (C=O) groups excluding carboxylic acids is 1. The summed E-state index contributed by atoms with van der Waals surface area (Å²) in [4.78, 5) is 18.9. The van der Waals surface area contributed by atoms with Crippen LogP contribution in [0.4, 0.5) is 6.01 Å². The van der Waals surface area contributed by atoms with Gasteiger partial charge in [-0.3, -0.25) is 9.78 Å². The van der Waals surface area contributed by atoms with Gasteiger partial charge in [0, 0.05) is 36.4 Å². The summed E-state index contributed by atoms with van der Waals surface area (Å²) in [6.07, 6.45) is 8.47. The molecule has 1 aliphatic carbocycles. The van der Waals surface area contributed by atoms with Crippen molar-refractivity contribution < 1.29 is 9.21 Å². The molecule has 5 rings (SSSR count). The number of carbonyl (C=O) groups is 1. The van der Waals surface area contributed by atoms with Crippen molar-refractivity contribution in [3.63, 3.8) is 0 Å². The van der Waals surface area contributed by atoms with Crippen LogP contribution in [0.25, 0.3) is 22.2 Å². The molecule has 3 heterocycles. The van der Waals surface area contributed by atoms with Gasteiger partial charge in [-0.2, -0.15) is 0 Å². The number of piperidine rings is 1. The SMILES string of the molecule is C[C@H](Nc1nnc(-c2cccc3cnccc23)o1)C(=O)N1CCC2(CC1)CC2. The molecule has 1 amide bonds. The van der Waals surface area contributed by atoms with Gasteiger partial charge in [-0.05, 0) is 55.5 Å². The van der Waals surface area contributed by atoms with Gasteiger partial charge in [-0.15, -0.1) is 5.10 Å². The Balaban J connectivity index is 1.29. The van der Waals surface area contributed by atoms with Gasteiger partial charge in [0.1, 0.15) is 6.04 Å². The number of nitrogens with zero attached hydrogens (tertiary/aromatic N) is 4. The molecule has 2 aliphatic rings. The van der Waals surface area contributed by atoms with Crippen LogP contribution in [0.3, 0.4) is 0 Å². The van der Waals surface area contributed by atoms with Gasteiger partial charge in [-0.1, -0.05) is 17.2 Å². The molecule has 0 bridgehead atoms. The highest BCUT2D eigenvalue weighted by Crippen LogP contribution is 2.53. The summed E-state index contributed by atoms with van der Waals surface area (Å²) in [5, 5.41) is 13.3. The summed E-state index contributed by atoms with van der Waals surface area (Å²) in [6.45, 7) is 3.55. The monoisotopic (exact) mass is 377 g/mol. The van der Waals surface area contributed by atoms with Gasteiger partial charge in [0.2, 0.25) is 11.8 Å². The van der Waals surface area contributed by atoms with Crippen molar-refractivity contribution in [3.05, 3.63) is 36.7 Å². The molecule has 3 aromatic rings. The first-order chi connectivity index (χ1) is 13.6. The Morgan fingerprint density at radius 3 is 2.79 bits per heavy atom. The molecule has 28 heavy (non-hydrogen) atoms. The van der Waals surface area contributed by atoms with E-state index in [9.17, 15) is 4.79 Å². The number of benzene rings is 1. The Kier molecular flexibility index (Phi) is 4.03. The lowest BCUT2D eigenvalue weighted by Gasteiger charge is -2.33. The van der Waals surface area contributed by atoms with Crippen molar-refractivity contribution in [2.24, 2.45) is 5.41 Å². The highest BCUT2D eigenvalue weighted by Gasteiger charge is 2.45. The van der Waals surface area contributed by atoms with E-state index in [0.717, 1.165) is 42.3 Å². The topological polar surface area (TPSA) is 84.1 Å². The van der Waals surface area contributed by atoms with Crippen LogP contribution in [-0.2, 0) is 4.79 Å². The quantitative estimate of drug-likeness (QED) is 0.749. The fourth-order valence-electron chi connectivity index (χ4n) is 4.10. The minimum absolute atomic E-state index is 0.0893. The maximum absolute atomic E-state index is 12.8. The lowest BCUT2D eigenvalue weighted by Crippen LogP contribution is -2.45. The van der Waals surface area contributed by atoms with E-state index in [-0.39, 0.29) is 11.9 Å². The molecule has 1 saturated carbocycles. The average molecular weight is 377 g/mol. The molecule has 1 aliphatic heterocycles. The predicted octanol–water partition coefficient (Wildman–Crippen LogP) is 3.49. The summed E-state index contributed by atoms with van der Waals surface area (Å²) >= 11 is 0. The van der Waals surface area contributed by atoms with Crippen LogP contribution >= 0.6 is 0 Å². The molecule has 0 radical (unpaired) electrons. The summed E-state index contributed by atoms with van der Waals surface area (Å²) in [5.74, 6) is 0.513. The maximum atomic E-state index is 12.8. The normalized spacial score (nSPS) is 19.0. The third-order valence-electron chi connectivity index (χ3n) is 6.14. The van der Waals surface area contributed by atoms with Crippen LogP contribution in [0, 0.1) is 5.41 Å². The third kappa shape index (κ3) is 3.10. The summed E-state index contributed by atoms with van der Waals surface area (Å²) in [7, 11) is 0. The lowest BCUT2D eigenvalue weighted by molar-refractivity contribution is -0.133. The van der Waals surface area contributed by atoms with Gasteiger partial charge in [0.15, 0.2) is 0 Å². The molecule has 1 aromatic carbocycles. The molecule has 1 saturated heterocycles. The molecule has 2 fully saturated rings. The van der Waals surface area contributed by atoms with Gasteiger partial charge in [-0.25, -0.2) is 0 Å².